The summed E-state index contributed by atoms with van der Waals surface area (Å²) in [4.78, 5) is 8.72. The van der Waals surface area contributed by atoms with Crippen LogP contribution in [-0.2, 0) is 4.74 Å². The van der Waals surface area contributed by atoms with Crippen LogP contribution >= 0.6 is 0 Å². The number of nitrogens with two attached hydrogens (primary N) is 1. The number of nitrogens with one attached hydrogen (secondary N) is 1. The molecule has 100 valence electrons. The van der Waals surface area contributed by atoms with Crippen LogP contribution in [0.4, 0.5) is 11.6 Å². The van der Waals surface area contributed by atoms with E-state index in [9.17, 15) is 0 Å². The number of aromatic nitrogens is 2. The van der Waals surface area contributed by atoms with Crippen LogP contribution in [0.1, 0.15) is 45.4 Å². The Morgan fingerprint density at radius 3 is 2.78 bits per heavy atom. The molecular weight excluding hydrogens is 228 g/mol. The van der Waals surface area contributed by atoms with E-state index in [4.69, 9.17) is 10.5 Å². The second kappa shape index (κ2) is 5.52. The van der Waals surface area contributed by atoms with E-state index < -0.39 is 0 Å². The lowest BCUT2D eigenvalue weighted by Gasteiger charge is -2.21. The van der Waals surface area contributed by atoms with Gasteiger partial charge in [-0.3, -0.25) is 0 Å². The molecule has 5 heteroatoms. The lowest BCUT2D eigenvalue weighted by atomic mass is 10.1. The van der Waals surface area contributed by atoms with Gasteiger partial charge in [-0.1, -0.05) is 13.8 Å². The zero-order valence-electron chi connectivity index (χ0n) is 11.3. The molecule has 1 aliphatic rings. The predicted molar refractivity (Wildman–Crippen MR) is 72.6 cm³/mol. The highest BCUT2D eigenvalue weighted by Gasteiger charge is 2.22. The van der Waals surface area contributed by atoms with Crippen molar-refractivity contribution >= 4 is 11.6 Å². The molecule has 3 N–H and O–H groups in total. The standard InChI is InChI=1S/C13H22N4O/c1-8(2)13-16-11(14)7-12(17-13)15-9(3)10-5-4-6-18-10/h7-10H,4-6H2,1-3H3,(H3,14,15,16,17). The fourth-order valence-electron chi connectivity index (χ4n) is 2.14. The summed E-state index contributed by atoms with van der Waals surface area (Å²) in [6, 6.07) is 2.01. The first-order valence-corrected chi connectivity index (χ1v) is 6.59. The maximum Gasteiger partial charge on any atom is 0.135 e. The van der Waals surface area contributed by atoms with E-state index in [0.717, 1.165) is 31.1 Å². The highest BCUT2D eigenvalue weighted by molar-refractivity contribution is 5.45. The quantitative estimate of drug-likeness (QED) is 0.856. The average molecular weight is 250 g/mol. The topological polar surface area (TPSA) is 73.1 Å². The van der Waals surface area contributed by atoms with Gasteiger partial charge in [-0.15, -0.1) is 0 Å². The maximum absolute atomic E-state index is 5.80. The van der Waals surface area contributed by atoms with Crippen molar-refractivity contribution in [3.05, 3.63) is 11.9 Å². The molecule has 2 unspecified atom stereocenters. The number of hydrogen-bond acceptors (Lipinski definition) is 5. The molecule has 0 radical (unpaired) electrons. The van der Waals surface area contributed by atoms with Gasteiger partial charge >= 0.3 is 0 Å². The number of anilines is 2. The van der Waals surface area contributed by atoms with Crippen molar-refractivity contribution < 1.29 is 4.74 Å². The normalized spacial score (nSPS) is 21.2. The Kier molecular flexibility index (Phi) is 4.01. The number of ether oxygens (including phenoxy) is 1. The van der Waals surface area contributed by atoms with E-state index in [-0.39, 0.29) is 18.1 Å². The molecule has 2 atom stereocenters. The van der Waals surface area contributed by atoms with Crippen molar-refractivity contribution in [3.63, 3.8) is 0 Å². The van der Waals surface area contributed by atoms with Crippen LogP contribution in [0.3, 0.4) is 0 Å². The van der Waals surface area contributed by atoms with Crippen LogP contribution in [0.15, 0.2) is 6.07 Å². The van der Waals surface area contributed by atoms with Crippen LogP contribution in [0.5, 0.6) is 0 Å². The van der Waals surface area contributed by atoms with E-state index in [0.29, 0.717) is 5.82 Å². The molecule has 1 saturated heterocycles. The molecule has 0 saturated carbocycles. The summed E-state index contributed by atoms with van der Waals surface area (Å²) in [6.45, 7) is 7.09. The van der Waals surface area contributed by atoms with Gasteiger partial charge in [0.15, 0.2) is 0 Å². The monoisotopic (exact) mass is 250 g/mol. The lowest BCUT2D eigenvalue weighted by molar-refractivity contribution is 0.0995. The number of nitrogens with zero attached hydrogens (tertiary/aromatic N) is 2. The van der Waals surface area contributed by atoms with Crippen LogP contribution in [0, 0.1) is 0 Å². The Labute approximate surface area is 108 Å². The SMILES string of the molecule is CC(C)c1nc(N)cc(NC(C)C2CCCO2)n1. The third kappa shape index (κ3) is 3.10. The highest BCUT2D eigenvalue weighted by Crippen LogP contribution is 2.20. The molecule has 0 aromatic carbocycles. The van der Waals surface area contributed by atoms with Gasteiger partial charge in [0.25, 0.3) is 0 Å². The molecule has 1 aliphatic heterocycles. The average Bonchev–Trinajstić information content (AvgIpc) is 2.81. The lowest BCUT2D eigenvalue weighted by Crippen LogP contribution is -2.30. The summed E-state index contributed by atoms with van der Waals surface area (Å²) >= 11 is 0. The van der Waals surface area contributed by atoms with Crippen LogP contribution in [0.25, 0.3) is 0 Å². The van der Waals surface area contributed by atoms with Crippen LogP contribution < -0.4 is 11.1 Å². The Hall–Kier alpha value is -1.36. The van der Waals surface area contributed by atoms with E-state index in [1.54, 1.807) is 6.07 Å². The van der Waals surface area contributed by atoms with Crippen molar-refractivity contribution in [2.45, 2.75) is 51.7 Å². The van der Waals surface area contributed by atoms with Crippen molar-refractivity contribution in [2.75, 3.05) is 17.7 Å². The maximum atomic E-state index is 5.80. The Morgan fingerprint density at radius 2 is 2.17 bits per heavy atom. The summed E-state index contributed by atoms with van der Waals surface area (Å²) in [6.07, 6.45) is 2.51. The summed E-state index contributed by atoms with van der Waals surface area (Å²) in [5, 5.41) is 3.36. The third-order valence-electron chi connectivity index (χ3n) is 3.18. The summed E-state index contributed by atoms with van der Waals surface area (Å²) in [5.41, 5.74) is 5.80. The molecule has 0 spiro atoms. The smallest absolute Gasteiger partial charge is 0.135 e. The fourth-order valence-corrected chi connectivity index (χ4v) is 2.14. The third-order valence-corrected chi connectivity index (χ3v) is 3.18. The number of hydrogen-bond donors (Lipinski definition) is 2. The molecule has 0 amide bonds. The number of nitrogen functional groups attached to an aromatic ring is 1. The molecule has 2 rings (SSSR count). The molecule has 5 nitrogen and oxygen atoms in total. The fraction of sp³-hybridized carbons (Fsp3) is 0.692. The Bertz CT molecular complexity index is 402. The minimum atomic E-state index is 0.238. The molecule has 0 bridgehead atoms. The van der Waals surface area contributed by atoms with Gasteiger partial charge in [0, 0.05) is 18.6 Å². The van der Waals surface area contributed by atoms with Gasteiger partial charge in [0.2, 0.25) is 0 Å². The number of rotatable bonds is 4. The molecular formula is C13H22N4O. The zero-order chi connectivity index (χ0) is 13.1. The zero-order valence-corrected chi connectivity index (χ0v) is 11.3. The summed E-state index contributed by atoms with van der Waals surface area (Å²) in [7, 11) is 0. The van der Waals surface area contributed by atoms with Gasteiger partial charge in [-0.25, -0.2) is 9.97 Å². The predicted octanol–water partition coefficient (Wildman–Crippen LogP) is 2.16. The van der Waals surface area contributed by atoms with Gasteiger partial charge in [0.05, 0.1) is 12.1 Å². The molecule has 1 fully saturated rings. The second-order valence-electron chi connectivity index (χ2n) is 5.18. The molecule has 1 aromatic heterocycles. The van der Waals surface area contributed by atoms with E-state index >= 15 is 0 Å². The van der Waals surface area contributed by atoms with Crippen molar-refractivity contribution in [3.8, 4) is 0 Å². The minimum absolute atomic E-state index is 0.238. The van der Waals surface area contributed by atoms with Gasteiger partial charge in [0.1, 0.15) is 17.5 Å². The van der Waals surface area contributed by atoms with Crippen LogP contribution in [-0.4, -0.2) is 28.7 Å². The second-order valence-corrected chi connectivity index (χ2v) is 5.18. The molecule has 2 heterocycles. The Morgan fingerprint density at radius 1 is 1.39 bits per heavy atom. The summed E-state index contributed by atoms with van der Waals surface area (Å²) in [5.74, 6) is 2.34. The molecule has 18 heavy (non-hydrogen) atoms. The largest absolute Gasteiger partial charge is 0.384 e. The first kappa shape index (κ1) is 13.1. The molecule has 1 aromatic rings. The summed E-state index contributed by atoms with van der Waals surface area (Å²) < 4.78 is 5.66. The van der Waals surface area contributed by atoms with E-state index in [2.05, 4.69) is 36.1 Å². The minimum Gasteiger partial charge on any atom is -0.384 e. The molecule has 0 aliphatic carbocycles. The highest BCUT2D eigenvalue weighted by atomic mass is 16.5. The Balaban J connectivity index is 2.08. The van der Waals surface area contributed by atoms with Crippen LogP contribution in [0.2, 0.25) is 0 Å². The van der Waals surface area contributed by atoms with Crippen molar-refractivity contribution in [1.29, 1.82) is 0 Å². The first-order chi connectivity index (χ1) is 8.56. The van der Waals surface area contributed by atoms with Crippen molar-refractivity contribution in [2.24, 2.45) is 0 Å². The van der Waals surface area contributed by atoms with Gasteiger partial charge in [-0.2, -0.15) is 0 Å². The van der Waals surface area contributed by atoms with E-state index in [1.807, 2.05) is 0 Å². The van der Waals surface area contributed by atoms with Gasteiger partial charge in [-0.05, 0) is 19.8 Å². The first-order valence-electron chi connectivity index (χ1n) is 6.59. The van der Waals surface area contributed by atoms with E-state index in [1.165, 1.54) is 0 Å². The van der Waals surface area contributed by atoms with Gasteiger partial charge < -0.3 is 15.8 Å². The van der Waals surface area contributed by atoms with Crippen molar-refractivity contribution in [1.82, 2.24) is 9.97 Å².